The molecule has 0 aliphatic carbocycles. The average Bonchev–Trinajstić information content (AvgIpc) is 3.24. The summed E-state index contributed by atoms with van der Waals surface area (Å²) in [5.74, 6) is -0.313. The van der Waals surface area contributed by atoms with E-state index in [1.54, 1.807) is 6.08 Å². The number of amides is 1. The van der Waals surface area contributed by atoms with Crippen LogP contribution in [0, 0.1) is 0 Å². The van der Waals surface area contributed by atoms with E-state index in [0.717, 1.165) is 25.7 Å². The molecule has 3 unspecified atom stereocenters. The minimum atomic E-state index is -0.929. The van der Waals surface area contributed by atoms with Gasteiger partial charge in [-0.05, 0) is 44.9 Å². The molecular formula is C55H107NO4. The first-order valence-corrected chi connectivity index (χ1v) is 27.1. The van der Waals surface area contributed by atoms with Crippen molar-refractivity contribution in [2.45, 2.75) is 315 Å². The van der Waals surface area contributed by atoms with Crippen molar-refractivity contribution in [3.05, 3.63) is 24.3 Å². The number of allylic oxidation sites excluding steroid dienone is 3. The van der Waals surface area contributed by atoms with E-state index in [1.165, 1.54) is 244 Å². The van der Waals surface area contributed by atoms with E-state index in [9.17, 15) is 20.1 Å². The van der Waals surface area contributed by atoms with E-state index in [1.807, 2.05) is 6.08 Å². The van der Waals surface area contributed by atoms with Gasteiger partial charge in [0.2, 0.25) is 5.91 Å². The highest BCUT2D eigenvalue weighted by Crippen LogP contribution is 2.17. The van der Waals surface area contributed by atoms with Crippen molar-refractivity contribution < 1.29 is 20.1 Å². The van der Waals surface area contributed by atoms with Crippen molar-refractivity contribution in [1.29, 1.82) is 0 Å². The number of nitrogens with one attached hydrogen (secondary N) is 1. The number of hydrogen-bond acceptors (Lipinski definition) is 4. The highest BCUT2D eigenvalue weighted by molar-refractivity contribution is 5.76. The molecule has 5 nitrogen and oxygen atoms in total. The van der Waals surface area contributed by atoms with Crippen LogP contribution < -0.4 is 5.32 Å². The Morgan fingerprint density at radius 1 is 0.417 bits per heavy atom. The lowest BCUT2D eigenvalue weighted by Crippen LogP contribution is -2.45. The maximum absolute atomic E-state index is 12.5. The van der Waals surface area contributed by atoms with Gasteiger partial charge < -0.3 is 20.6 Å². The monoisotopic (exact) mass is 846 g/mol. The Balaban J connectivity index is 3.58. The van der Waals surface area contributed by atoms with Gasteiger partial charge in [-0.2, -0.15) is 0 Å². The smallest absolute Gasteiger partial charge is 0.222 e. The highest BCUT2D eigenvalue weighted by atomic mass is 16.3. The van der Waals surface area contributed by atoms with E-state index in [4.69, 9.17) is 0 Å². The van der Waals surface area contributed by atoms with Crippen LogP contribution in [-0.4, -0.2) is 46.1 Å². The van der Waals surface area contributed by atoms with Gasteiger partial charge in [-0.1, -0.05) is 269 Å². The van der Waals surface area contributed by atoms with Crippen molar-refractivity contribution in [3.63, 3.8) is 0 Å². The Labute approximate surface area is 375 Å². The van der Waals surface area contributed by atoms with Crippen LogP contribution in [0.25, 0.3) is 0 Å². The fourth-order valence-corrected chi connectivity index (χ4v) is 8.57. The first-order valence-electron chi connectivity index (χ1n) is 27.1. The molecule has 0 aromatic rings. The quantitative estimate of drug-likeness (QED) is 0.0363. The van der Waals surface area contributed by atoms with Crippen molar-refractivity contribution in [1.82, 2.24) is 5.32 Å². The lowest BCUT2D eigenvalue weighted by Gasteiger charge is -2.21. The molecule has 0 radical (unpaired) electrons. The summed E-state index contributed by atoms with van der Waals surface area (Å²) in [6, 6.07) is -0.744. The van der Waals surface area contributed by atoms with Gasteiger partial charge >= 0.3 is 0 Å². The molecule has 0 aliphatic rings. The van der Waals surface area contributed by atoms with Gasteiger partial charge in [-0.15, -0.1) is 0 Å². The summed E-state index contributed by atoms with van der Waals surface area (Å²) in [6.07, 6.45) is 63.5. The summed E-state index contributed by atoms with van der Waals surface area (Å²) < 4.78 is 0. The van der Waals surface area contributed by atoms with Crippen LogP contribution >= 0.6 is 0 Å². The Bertz CT molecular complexity index is 890. The molecule has 0 aliphatic heterocycles. The third kappa shape index (κ3) is 46.3. The summed E-state index contributed by atoms with van der Waals surface area (Å²) in [6.45, 7) is 4.25. The Morgan fingerprint density at radius 2 is 0.700 bits per heavy atom. The molecular weight excluding hydrogens is 739 g/mol. The molecule has 0 aromatic carbocycles. The summed E-state index contributed by atoms with van der Waals surface area (Å²) in [4.78, 5) is 12.5. The Kier molecular flexibility index (Phi) is 49.5. The second-order valence-electron chi connectivity index (χ2n) is 18.8. The zero-order valence-corrected chi connectivity index (χ0v) is 40.6. The van der Waals surface area contributed by atoms with Crippen LogP contribution in [0.3, 0.4) is 0 Å². The minimum Gasteiger partial charge on any atom is -0.394 e. The molecule has 3 atom stereocenters. The normalized spacial score (nSPS) is 13.5. The fraction of sp³-hybridized carbons (Fsp3) is 0.909. The van der Waals surface area contributed by atoms with Crippen molar-refractivity contribution >= 4 is 5.91 Å². The maximum atomic E-state index is 12.5. The largest absolute Gasteiger partial charge is 0.394 e. The van der Waals surface area contributed by atoms with Crippen molar-refractivity contribution in [3.8, 4) is 0 Å². The molecule has 0 heterocycles. The van der Waals surface area contributed by atoms with Gasteiger partial charge in [0.15, 0.2) is 0 Å². The molecule has 0 fully saturated rings. The van der Waals surface area contributed by atoms with Gasteiger partial charge in [0.05, 0.1) is 31.3 Å². The van der Waals surface area contributed by atoms with Crippen LogP contribution in [0.5, 0.6) is 0 Å². The van der Waals surface area contributed by atoms with Gasteiger partial charge in [0.1, 0.15) is 0 Å². The van der Waals surface area contributed by atoms with Crippen molar-refractivity contribution in [2.24, 2.45) is 0 Å². The Hall–Kier alpha value is -1.17. The topological polar surface area (TPSA) is 89.8 Å². The lowest BCUT2D eigenvalue weighted by molar-refractivity contribution is -0.124. The zero-order chi connectivity index (χ0) is 43.7. The van der Waals surface area contributed by atoms with E-state index in [0.29, 0.717) is 6.42 Å². The maximum Gasteiger partial charge on any atom is 0.222 e. The molecule has 4 N–H and O–H groups in total. The summed E-state index contributed by atoms with van der Waals surface area (Å²) >= 11 is 0. The minimum absolute atomic E-state index is 0.0140. The van der Waals surface area contributed by atoms with Gasteiger partial charge in [-0.25, -0.2) is 0 Å². The Morgan fingerprint density at radius 3 is 1.02 bits per heavy atom. The first-order chi connectivity index (χ1) is 29.5. The number of aliphatic hydroxyl groups is 3. The molecule has 0 bridgehead atoms. The lowest BCUT2D eigenvalue weighted by atomic mass is 10.0. The van der Waals surface area contributed by atoms with Crippen LogP contribution in [0.4, 0.5) is 0 Å². The van der Waals surface area contributed by atoms with Crippen LogP contribution in [0.1, 0.15) is 296 Å². The van der Waals surface area contributed by atoms with E-state index >= 15 is 0 Å². The predicted octanol–water partition coefficient (Wildman–Crippen LogP) is 16.5. The number of rotatable bonds is 50. The van der Waals surface area contributed by atoms with E-state index < -0.39 is 18.2 Å². The third-order valence-corrected chi connectivity index (χ3v) is 12.7. The molecule has 0 aromatic heterocycles. The van der Waals surface area contributed by atoms with Crippen LogP contribution in [0.15, 0.2) is 24.3 Å². The molecule has 60 heavy (non-hydrogen) atoms. The summed E-state index contributed by atoms with van der Waals surface area (Å²) in [7, 11) is 0. The second kappa shape index (κ2) is 50.5. The molecule has 1 amide bonds. The van der Waals surface area contributed by atoms with E-state index in [2.05, 4.69) is 31.3 Å². The second-order valence-corrected chi connectivity index (χ2v) is 18.8. The van der Waals surface area contributed by atoms with Crippen molar-refractivity contribution in [2.75, 3.05) is 6.61 Å². The third-order valence-electron chi connectivity index (χ3n) is 12.7. The fourth-order valence-electron chi connectivity index (χ4n) is 8.57. The number of carbonyl (C=O) groups is 1. The van der Waals surface area contributed by atoms with Gasteiger partial charge in [0, 0.05) is 0 Å². The number of unbranched alkanes of at least 4 members (excludes halogenated alkanes) is 39. The summed E-state index contributed by atoms with van der Waals surface area (Å²) in [5.41, 5.74) is 0. The molecule has 356 valence electrons. The molecule has 0 saturated heterocycles. The highest BCUT2D eigenvalue weighted by Gasteiger charge is 2.20. The molecule has 0 rings (SSSR count). The SMILES string of the molecule is CCCCCCCCCCCCCC/C=C\CCCCCCCCCCC(O)CC(=O)NC(CO)C(O)/C=C/CCCCCCCCCCCCCCCCCCCCC. The van der Waals surface area contributed by atoms with Crippen LogP contribution in [0.2, 0.25) is 0 Å². The first kappa shape index (κ1) is 58.8. The zero-order valence-electron chi connectivity index (χ0n) is 40.6. The number of aliphatic hydroxyl groups excluding tert-OH is 3. The van der Waals surface area contributed by atoms with Gasteiger partial charge in [-0.3, -0.25) is 4.79 Å². The van der Waals surface area contributed by atoms with E-state index in [-0.39, 0.29) is 18.9 Å². The molecule has 0 saturated carbocycles. The number of carbonyl (C=O) groups excluding carboxylic acids is 1. The van der Waals surface area contributed by atoms with Gasteiger partial charge in [0.25, 0.3) is 0 Å². The molecule has 0 spiro atoms. The summed E-state index contributed by atoms with van der Waals surface area (Å²) in [5, 5.41) is 33.4. The standard InChI is InChI=1S/C55H107NO4/c1-3-5-7-9-11-13-15-17-19-21-23-25-26-27-29-30-32-34-36-38-40-42-44-46-48-52(58)50-55(60)56-53(51-57)54(59)49-47-45-43-41-39-37-35-33-31-28-24-22-20-18-16-14-12-10-8-6-4-2/h27,29,47,49,52-54,57-59H,3-26,28,30-46,48,50-51H2,1-2H3,(H,56,60)/b29-27-,49-47+. The molecule has 5 heteroatoms. The average molecular weight is 846 g/mol. The predicted molar refractivity (Wildman–Crippen MR) is 264 cm³/mol. The van der Waals surface area contributed by atoms with Crippen LogP contribution in [-0.2, 0) is 4.79 Å². The number of hydrogen-bond donors (Lipinski definition) is 4.